The third kappa shape index (κ3) is 3.57. The Morgan fingerprint density at radius 1 is 1.00 bits per heavy atom. The normalized spacial score (nSPS) is 15.2. The van der Waals surface area contributed by atoms with Crippen molar-refractivity contribution in [1.29, 1.82) is 0 Å². The monoisotopic (exact) mass is 441 g/mol. The van der Waals surface area contributed by atoms with E-state index in [0.717, 1.165) is 33.4 Å². The molecule has 2 N–H and O–H groups in total. The first-order valence-corrected chi connectivity index (χ1v) is 10.8. The molecule has 1 amide bonds. The molecule has 6 heteroatoms. The highest BCUT2D eigenvalue weighted by atomic mass is 19.1. The van der Waals surface area contributed by atoms with Gasteiger partial charge >= 0.3 is 0 Å². The Morgan fingerprint density at radius 3 is 2.39 bits per heavy atom. The van der Waals surface area contributed by atoms with Gasteiger partial charge in [0.15, 0.2) is 0 Å². The van der Waals surface area contributed by atoms with Gasteiger partial charge in [0.05, 0.1) is 6.04 Å². The van der Waals surface area contributed by atoms with Crippen LogP contribution in [0.4, 0.5) is 4.39 Å². The number of nitrogens with one attached hydrogen (secondary N) is 1. The summed E-state index contributed by atoms with van der Waals surface area (Å²) in [6.07, 6.45) is 0. The first-order valence-electron chi connectivity index (χ1n) is 10.8. The number of aryl methyl sites for hydroxylation is 3. The number of benzene rings is 3. The average molecular weight is 442 g/mol. The van der Waals surface area contributed by atoms with Crippen LogP contribution in [0.15, 0.2) is 60.7 Å². The third-order valence-electron chi connectivity index (χ3n) is 6.22. The Balaban J connectivity index is 1.67. The molecule has 1 aliphatic rings. The number of carbonyl (C=O) groups excluding carboxylic acids is 1. The number of fused-ring (bicyclic) bond motifs is 1. The van der Waals surface area contributed by atoms with Gasteiger partial charge in [-0.05, 0) is 61.2 Å². The first kappa shape index (κ1) is 20.9. The Morgan fingerprint density at radius 2 is 1.70 bits per heavy atom. The van der Waals surface area contributed by atoms with E-state index in [0.29, 0.717) is 23.5 Å². The van der Waals surface area contributed by atoms with E-state index in [9.17, 15) is 14.3 Å². The van der Waals surface area contributed by atoms with Crippen LogP contribution >= 0.6 is 0 Å². The summed E-state index contributed by atoms with van der Waals surface area (Å²) in [6.45, 7) is 6.15. The number of rotatable bonds is 4. The minimum atomic E-state index is -0.396. The molecule has 33 heavy (non-hydrogen) atoms. The molecule has 0 saturated carbocycles. The lowest BCUT2D eigenvalue weighted by Crippen LogP contribution is -2.29. The van der Waals surface area contributed by atoms with Crippen molar-refractivity contribution in [2.24, 2.45) is 0 Å². The number of hydrogen-bond acceptors (Lipinski definition) is 3. The van der Waals surface area contributed by atoms with Gasteiger partial charge in [-0.2, -0.15) is 5.10 Å². The summed E-state index contributed by atoms with van der Waals surface area (Å²) in [5, 5.41) is 18.2. The maximum atomic E-state index is 13.5. The van der Waals surface area contributed by atoms with Gasteiger partial charge in [-0.25, -0.2) is 4.39 Å². The van der Waals surface area contributed by atoms with Crippen LogP contribution in [0.25, 0.3) is 11.3 Å². The van der Waals surface area contributed by atoms with Gasteiger partial charge in [-0.15, -0.1) is 0 Å². The molecule has 0 fully saturated rings. The summed E-state index contributed by atoms with van der Waals surface area (Å²) in [5.74, 6) is -0.340. The smallest absolute Gasteiger partial charge is 0.273 e. The number of hydrogen-bond donors (Lipinski definition) is 2. The second-order valence-corrected chi connectivity index (χ2v) is 8.71. The molecule has 5 rings (SSSR count). The standard InChI is InChI=1S/C27H24FN3O2/c1-15-4-8-19(9-5-15)25-22-23(21-13-16(2)12-17(3)26(21)32)29-30-24(22)27(33)31(25)14-18-6-10-20(28)11-7-18/h4-13,25,32H,14H2,1-3H3,(H,29,30). The number of halogens is 1. The van der Waals surface area contributed by atoms with Gasteiger partial charge in [0.2, 0.25) is 0 Å². The molecule has 1 atom stereocenters. The lowest BCUT2D eigenvalue weighted by Gasteiger charge is -2.27. The molecular weight excluding hydrogens is 417 g/mol. The number of aromatic amines is 1. The fourth-order valence-electron chi connectivity index (χ4n) is 4.59. The molecule has 0 saturated heterocycles. The SMILES string of the molecule is Cc1ccc(C2c3c(-c4cc(C)cc(C)c4O)n[nH]c3C(=O)N2Cc2ccc(F)cc2)cc1. The summed E-state index contributed by atoms with van der Waals surface area (Å²) < 4.78 is 13.4. The Labute approximate surface area is 191 Å². The fourth-order valence-corrected chi connectivity index (χ4v) is 4.59. The second-order valence-electron chi connectivity index (χ2n) is 8.71. The molecule has 2 heterocycles. The summed E-state index contributed by atoms with van der Waals surface area (Å²) in [6, 6.07) is 17.6. The molecular formula is C27H24FN3O2. The zero-order valence-corrected chi connectivity index (χ0v) is 18.7. The molecule has 1 aromatic heterocycles. The number of nitrogens with zero attached hydrogens (tertiary/aromatic N) is 2. The maximum Gasteiger partial charge on any atom is 0.273 e. The van der Waals surface area contributed by atoms with Crippen molar-refractivity contribution in [3.63, 3.8) is 0 Å². The van der Waals surface area contributed by atoms with E-state index in [1.165, 1.54) is 12.1 Å². The second kappa shape index (κ2) is 7.89. The summed E-state index contributed by atoms with van der Waals surface area (Å²) in [5.41, 5.74) is 6.96. The minimum Gasteiger partial charge on any atom is -0.507 e. The van der Waals surface area contributed by atoms with E-state index >= 15 is 0 Å². The van der Waals surface area contributed by atoms with E-state index < -0.39 is 6.04 Å². The van der Waals surface area contributed by atoms with Crippen molar-refractivity contribution in [1.82, 2.24) is 15.1 Å². The summed E-state index contributed by atoms with van der Waals surface area (Å²) in [7, 11) is 0. The maximum absolute atomic E-state index is 13.5. The summed E-state index contributed by atoms with van der Waals surface area (Å²) >= 11 is 0. The molecule has 0 bridgehead atoms. The van der Waals surface area contributed by atoms with Gasteiger partial charge in [0.25, 0.3) is 5.91 Å². The van der Waals surface area contributed by atoms with Crippen molar-refractivity contribution in [2.45, 2.75) is 33.4 Å². The van der Waals surface area contributed by atoms with Gasteiger partial charge in [0, 0.05) is 17.7 Å². The van der Waals surface area contributed by atoms with Gasteiger partial charge in [-0.1, -0.05) is 48.0 Å². The molecule has 0 aliphatic carbocycles. The van der Waals surface area contributed by atoms with Crippen LogP contribution in [0.1, 0.15) is 49.9 Å². The zero-order chi connectivity index (χ0) is 23.3. The molecule has 4 aromatic rings. The van der Waals surface area contributed by atoms with Gasteiger partial charge in [-0.3, -0.25) is 9.89 Å². The molecule has 0 spiro atoms. The number of aromatic nitrogens is 2. The van der Waals surface area contributed by atoms with E-state index in [1.54, 1.807) is 17.0 Å². The van der Waals surface area contributed by atoms with Crippen LogP contribution < -0.4 is 0 Å². The highest BCUT2D eigenvalue weighted by Crippen LogP contribution is 2.45. The minimum absolute atomic E-state index is 0.155. The largest absolute Gasteiger partial charge is 0.507 e. The number of H-pyrrole nitrogens is 1. The molecule has 0 radical (unpaired) electrons. The lowest BCUT2D eigenvalue weighted by molar-refractivity contribution is 0.0730. The Bertz CT molecular complexity index is 1360. The predicted octanol–water partition coefficient (Wildman–Crippen LogP) is 5.59. The number of phenols is 1. The van der Waals surface area contributed by atoms with Crippen molar-refractivity contribution >= 4 is 5.91 Å². The van der Waals surface area contributed by atoms with Gasteiger partial charge < -0.3 is 10.0 Å². The average Bonchev–Trinajstić information content (AvgIpc) is 3.32. The zero-order valence-electron chi connectivity index (χ0n) is 18.7. The molecule has 1 unspecified atom stereocenters. The predicted molar refractivity (Wildman–Crippen MR) is 124 cm³/mol. The van der Waals surface area contributed by atoms with Crippen molar-refractivity contribution in [3.8, 4) is 17.0 Å². The van der Waals surface area contributed by atoms with Crippen molar-refractivity contribution < 1.29 is 14.3 Å². The van der Waals surface area contributed by atoms with Crippen LogP contribution in [0.2, 0.25) is 0 Å². The Kier molecular flexibility index (Phi) is 5.01. The topological polar surface area (TPSA) is 69.2 Å². The van der Waals surface area contributed by atoms with Crippen molar-refractivity contribution in [2.75, 3.05) is 0 Å². The molecule has 5 nitrogen and oxygen atoms in total. The third-order valence-corrected chi connectivity index (χ3v) is 6.22. The van der Waals surface area contributed by atoms with E-state index in [2.05, 4.69) is 10.2 Å². The van der Waals surface area contributed by atoms with Crippen molar-refractivity contribution in [3.05, 3.63) is 106 Å². The number of phenolic OH excluding ortho intramolecular Hbond substituents is 1. The van der Waals surface area contributed by atoms with Crippen LogP contribution in [-0.2, 0) is 6.54 Å². The lowest BCUT2D eigenvalue weighted by atomic mass is 9.93. The van der Waals surface area contributed by atoms with Crippen LogP contribution in [-0.4, -0.2) is 26.1 Å². The van der Waals surface area contributed by atoms with Crippen LogP contribution in [0.5, 0.6) is 5.75 Å². The van der Waals surface area contributed by atoms with E-state index in [4.69, 9.17) is 0 Å². The highest BCUT2D eigenvalue weighted by Gasteiger charge is 2.42. The van der Waals surface area contributed by atoms with Gasteiger partial charge in [0.1, 0.15) is 23.0 Å². The first-order chi connectivity index (χ1) is 15.8. The molecule has 166 valence electrons. The summed E-state index contributed by atoms with van der Waals surface area (Å²) in [4.78, 5) is 15.3. The van der Waals surface area contributed by atoms with E-state index in [-0.39, 0.29) is 17.5 Å². The number of aromatic hydroxyl groups is 1. The Hall–Kier alpha value is -3.93. The fraction of sp³-hybridized carbons (Fsp3) is 0.185. The number of amides is 1. The molecule has 1 aliphatic heterocycles. The van der Waals surface area contributed by atoms with E-state index in [1.807, 2.05) is 57.2 Å². The number of carbonyl (C=O) groups is 1. The van der Waals surface area contributed by atoms with Crippen LogP contribution in [0, 0.1) is 26.6 Å². The quantitative estimate of drug-likeness (QED) is 0.434. The molecule has 3 aromatic carbocycles. The highest BCUT2D eigenvalue weighted by molar-refractivity contribution is 6.00. The van der Waals surface area contributed by atoms with Crippen LogP contribution in [0.3, 0.4) is 0 Å².